The summed E-state index contributed by atoms with van der Waals surface area (Å²) in [7, 11) is -3.31. The van der Waals surface area contributed by atoms with E-state index in [1.807, 2.05) is 0 Å². The maximum atomic E-state index is 11.4. The molecular weight excluding hydrogens is 204 g/mol. The Hall–Kier alpha value is -1.63. The predicted molar refractivity (Wildman–Crippen MR) is 51.4 cm³/mol. The van der Waals surface area contributed by atoms with Crippen LogP contribution in [0, 0.1) is 0 Å². The van der Waals surface area contributed by atoms with Gasteiger partial charge in [-0.3, -0.25) is 0 Å². The third kappa shape index (κ3) is 1.31. The molecule has 2 rings (SSSR count). The van der Waals surface area contributed by atoms with Gasteiger partial charge in [-0.15, -0.1) is 0 Å². The zero-order chi connectivity index (χ0) is 10.3. The molecule has 0 spiro atoms. The molecule has 0 saturated heterocycles. The highest BCUT2D eigenvalue weighted by Crippen LogP contribution is 2.20. The van der Waals surface area contributed by atoms with Crippen molar-refractivity contribution in [2.24, 2.45) is 0 Å². The highest BCUT2D eigenvalue weighted by atomic mass is 32.2. The monoisotopic (exact) mass is 212 g/mol. The molecule has 6 nitrogen and oxygen atoms in total. The average molecular weight is 212 g/mol. The molecule has 0 aliphatic heterocycles. The van der Waals surface area contributed by atoms with Crippen molar-refractivity contribution in [2.75, 3.05) is 12.0 Å². The minimum Gasteiger partial charge on any atom is -0.384 e. The fourth-order valence-corrected chi connectivity index (χ4v) is 2.06. The molecule has 0 bridgehead atoms. The van der Waals surface area contributed by atoms with E-state index in [1.165, 1.54) is 12.4 Å². The largest absolute Gasteiger partial charge is 0.384 e. The van der Waals surface area contributed by atoms with E-state index in [9.17, 15) is 8.42 Å². The normalized spacial score (nSPS) is 12.1. The highest BCUT2D eigenvalue weighted by Gasteiger charge is 2.15. The van der Waals surface area contributed by atoms with Gasteiger partial charge in [-0.25, -0.2) is 18.4 Å². The summed E-state index contributed by atoms with van der Waals surface area (Å²) in [6.07, 6.45) is 2.49. The number of imidazole rings is 1. The van der Waals surface area contributed by atoms with Crippen LogP contribution in [0.1, 0.15) is 0 Å². The van der Waals surface area contributed by atoms with Crippen molar-refractivity contribution in [1.29, 1.82) is 0 Å². The molecule has 0 unspecified atom stereocenters. The van der Waals surface area contributed by atoms with Gasteiger partial charge in [-0.2, -0.15) is 0 Å². The molecule has 0 aliphatic rings. The molecule has 14 heavy (non-hydrogen) atoms. The number of hydrogen-bond donors (Lipinski definition) is 2. The van der Waals surface area contributed by atoms with E-state index in [0.717, 1.165) is 6.26 Å². The van der Waals surface area contributed by atoms with Gasteiger partial charge in [0.25, 0.3) is 0 Å². The van der Waals surface area contributed by atoms with Crippen LogP contribution < -0.4 is 5.73 Å². The van der Waals surface area contributed by atoms with Crippen LogP contribution in [-0.4, -0.2) is 29.6 Å². The van der Waals surface area contributed by atoms with Gasteiger partial charge in [0.05, 0.1) is 11.2 Å². The lowest BCUT2D eigenvalue weighted by Crippen LogP contribution is -2.01. The van der Waals surface area contributed by atoms with Crippen LogP contribution in [0.4, 0.5) is 5.82 Å². The molecule has 2 aromatic rings. The SMILES string of the molecule is CS(=O)(=O)c1cc(N)nc2nc[nH]c12. The molecule has 0 fully saturated rings. The lowest BCUT2D eigenvalue weighted by atomic mass is 10.4. The topological polar surface area (TPSA) is 102 Å². The molecule has 74 valence electrons. The van der Waals surface area contributed by atoms with E-state index in [-0.39, 0.29) is 10.7 Å². The number of fused-ring (bicyclic) bond motifs is 1. The van der Waals surface area contributed by atoms with Crippen molar-refractivity contribution in [1.82, 2.24) is 15.0 Å². The Labute approximate surface area is 80.1 Å². The van der Waals surface area contributed by atoms with Crippen molar-refractivity contribution in [3.05, 3.63) is 12.4 Å². The summed E-state index contributed by atoms with van der Waals surface area (Å²) in [4.78, 5) is 10.6. The number of nitrogen functional groups attached to an aromatic ring is 1. The average Bonchev–Trinajstić information content (AvgIpc) is 2.47. The number of aromatic nitrogens is 3. The van der Waals surface area contributed by atoms with Crippen LogP contribution in [0.15, 0.2) is 17.3 Å². The van der Waals surface area contributed by atoms with Crippen molar-refractivity contribution in [2.45, 2.75) is 4.90 Å². The number of nitrogens with one attached hydrogen (secondary N) is 1. The molecular formula is C7H8N4O2S. The molecule has 0 atom stereocenters. The number of hydrogen-bond acceptors (Lipinski definition) is 5. The van der Waals surface area contributed by atoms with Crippen LogP contribution in [0.25, 0.3) is 11.2 Å². The zero-order valence-corrected chi connectivity index (χ0v) is 8.17. The molecule has 0 amide bonds. The first-order valence-electron chi connectivity index (χ1n) is 3.78. The lowest BCUT2D eigenvalue weighted by molar-refractivity contribution is 0.602. The van der Waals surface area contributed by atoms with Crippen molar-refractivity contribution >= 4 is 26.8 Å². The molecule has 2 heterocycles. The summed E-state index contributed by atoms with van der Waals surface area (Å²) in [6.45, 7) is 0. The molecule has 3 N–H and O–H groups in total. The first kappa shape index (κ1) is 8.95. The number of anilines is 1. The first-order chi connectivity index (χ1) is 6.48. The van der Waals surface area contributed by atoms with Gasteiger partial charge in [0.15, 0.2) is 15.5 Å². The third-order valence-corrected chi connectivity index (χ3v) is 2.90. The lowest BCUT2D eigenvalue weighted by Gasteiger charge is -2.00. The van der Waals surface area contributed by atoms with Crippen LogP contribution in [-0.2, 0) is 9.84 Å². The van der Waals surface area contributed by atoms with Gasteiger partial charge in [0, 0.05) is 12.3 Å². The van der Waals surface area contributed by atoms with Crippen molar-refractivity contribution in [3.63, 3.8) is 0 Å². The second-order valence-electron chi connectivity index (χ2n) is 2.92. The molecule has 0 aromatic carbocycles. The number of sulfone groups is 1. The van der Waals surface area contributed by atoms with Gasteiger partial charge in [0.2, 0.25) is 0 Å². The first-order valence-corrected chi connectivity index (χ1v) is 5.67. The fourth-order valence-electron chi connectivity index (χ4n) is 1.21. The summed E-state index contributed by atoms with van der Waals surface area (Å²) in [5.41, 5.74) is 6.15. The van der Waals surface area contributed by atoms with E-state index < -0.39 is 9.84 Å². The molecule has 0 aliphatic carbocycles. The number of nitrogens with two attached hydrogens (primary N) is 1. The van der Waals surface area contributed by atoms with Gasteiger partial charge in [0.1, 0.15) is 11.3 Å². The highest BCUT2D eigenvalue weighted by molar-refractivity contribution is 7.91. The fraction of sp³-hybridized carbons (Fsp3) is 0.143. The number of rotatable bonds is 1. The van der Waals surface area contributed by atoms with E-state index in [4.69, 9.17) is 5.73 Å². The maximum Gasteiger partial charge on any atom is 0.180 e. The quantitative estimate of drug-likeness (QED) is 0.689. The second kappa shape index (κ2) is 2.68. The standard InChI is InChI=1S/C7H8N4O2S/c1-14(12,13)4-2-5(8)11-7-6(4)9-3-10-7/h2-3H,1H3,(H3,8,9,10,11). The molecule has 7 heteroatoms. The zero-order valence-electron chi connectivity index (χ0n) is 7.35. The minimum absolute atomic E-state index is 0.123. The summed E-state index contributed by atoms with van der Waals surface area (Å²) >= 11 is 0. The Kier molecular flexibility index (Phi) is 1.71. The van der Waals surface area contributed by atoms with E-state index in [0.29, 0.717) is 11.2 Å². The van der Waals surface area contributed by atoms with Gasteiger partial charge in [-0.1, -0.05) is 0 Å². The van der Waals surface area contributed by atoms with E-state index in [1.54, 1.807) is 0 Å². The summed E-state index contributed by atoms with van der Waals surface area (Å²) in [5.74, 6) is 0.144. The second-order valence-corrected chi connectivity index (χ2v) is 4.90. The molecule has 0 saturated carbocycles. The number of nitrogens with zero attached hydrogens (tertiary/aromatic N) is 2. The Bertz CT molecular complexity index is 587. The Morgan fingerprint density at radius 1 is 1.50 bits per heavy atom. The van der Waals surface area contributed by atoms with Gasteiger partial charge < -0.3 is 10.7 Å². The summed E-state index contributed by atoms with van der Waals surface area (Å²) in [5, 5.41) is 0. The smallest absolute Gasteiger partial charge is 0.180 e. The Morgan fingerprint density at radius 3 is 2.86 bits per heavy atom. The van der Waals surface area contributed by atoms with Crippen LogP contribution >= 0.6 is 0 Å². The van der Waals surface area contributed by atoms with Gasteiger partial charge >= 0.3 is 0 Å². The molecule has 0 radical (unpaired) electrons. The van der Waals surface area contributed by atoms with Crippen LogP contribution in [0.5, 0.6) is 0 Å². The van der Waals surface area contributed by atoms with Gasteiger partial charge in [-0.05, 0) is 0 Å². The Balaban J connectivity index is 2.94. The maximum absolute atomic E-state index is 11.4. The van der Waals surface area contributed by atoms with Crippen molar-refractivity contribution < 1.29 is 8.42 Å². The number of aromatic amines is 1. The predicted octanol–water partition coefficient (Wildman–Crippen LogP) is -0.0564. The van der Waals surface area contributed by atoms with Crippen LogP contribution in [0.2, 0.25) is 0 Å². The number of pyridine rings is 1. The van der Waals surface area contributed by atoms with E-state index >= 15 is 0 Å². The third-order valence-electron chi connectivity index (χ3n) is 1.78. The van der Waals surface area contributed by atoms with Crippen molar-refractivity contribution in [3.8, 4) is 0 Å². The van der Waals surface area contributed by atoms with E-state index in [2.05, 4.69) is 15.0 Å². The Morgan fingerprint density at radius 2 is 2.21 bits per heavy atom. The summed E-state index contributed by atoms with van der Waals surface area (Å²) in [6, 6.07) is 1.32. The minimum atomic E-state index is -3.31. The summed E-state index contributed by atoms with van der Waals surface area (Å²) < 4.78 is 22.7. The molecule has 2 aromatic heterocycles. The number of H-pyrrole nitrogens is 1. The van der Waals surface area contributed by atoms with Crippen LogP contribution in [0.3, 0.4) is 0 Å².